The predicted molar refractivity (Wildman–Crippen MR) is 92.6 cm³/mol. The lowest BCUT2D eigenvalue weighted by atomic mass is 9.82. The molecule has 120 valence electrons. The van der Waals surface area contributed by atoms with E-state index in [0.29, 0.717) is 23.2 Å². The van der Waals surface area contributed by atoms with Gasteiger partial charge in [-0.05, 0) is 44.7 Å². The zero-order valence-corrected chi connectivity index (χ0v) is 15.5. The zero-order valence-electron chi connectivity index (χ0n) is 13.9. The summed E-state index contributed by atoms with van der Waals surface area (Å²) in [7, 11) is 0. The van der Waals surface area contributed by atoms with Crippen molar-refractivity contribution in [3.05, 3.63) is 27.7 Å². The van der Waals surface area contributed by atoms with Crippen LogP contribution in [0.2, 0.25) is 10.0 Å². The van der Waals surface area contributed by atoms with Gasteiger partial charge in [0.05, 0.1) is 11.6 Å². The molecule has 1 N–H and O–H groups in total. The Morgan fingerprint density at radius 3 is 2.24 bits per heavy atom. The molecule has 21 heavy (non-hydrogen) atoms. The second kappa shape index (κ2) is 7.21. The van der Waals surface area contributed by atoms with Gasteiger partial charge in [-0.1, -0.05) is 44.0 Å². The van der Waals surface area contributed by atoms with E-state index >= 15 is 0 Å². The van der Waals surface area contributed by atoms with E-state index in [4.69, 9.17) is 27.9 Å². The highest BCUT2D eigenvalue weighted by atomic mass is 35.5. The highest BCUT2D eigenvalue weighted by Gasteiger charge is 2.25. The van der Waals surface area contributed by atoms with Crippen molar-refractivity contribution in [2.75, 3.05) is 6.61 Å². The van der Waals surface area contributed by atoms with Crippen LogP contribution in [0.4, 0.5) is 0 Å². The van der Waals surface area contributed by atoms with Crippen molar-refractivity contribution in [3.63, 3.8) is 0 Å². The molecule has 0 heterocycles. The highest BCUT2D eigenvalue weighted by Crippen LogP contribution is 2.33. The molecule has 1 aromatic rings. The third-order valence-corrected chi connectivity index (χ3v) is 3.60. The van der Waals surface area contributed by atoms with Gasteiger partial charge in [0.2, 0.25) is 0 Å². The molecule has 1 rings (SSSR count). The minimum atomic E-state index is 0.0243. The van der Waals surface area contributed by atoms with Crippen molar-refractivity contribution in [3.8, 4) is 5.75 Å². The van der Waals surface area contributed by atoms with Crippen LogP contribution in [0.5, 0.6) is 5.75 Å². The number of nitrogens with one attached hydrogen (secondary N) is 1. The molecule has 0 radical (unpaired) electrons. The van der Waals surface area contributed by atoms with E-state index in [0.717, 1.165) is 17.7 Å². The molecule has 0 aliphatic carbocycles. The molecule has 0 atom stereocenters. The summed E-state index contributed by atoms with van der Waals surface area (Å²) < 4.78 is 5.66. The van der Waals surface area contributed by atoms with E-state index in [1.165, 1.54) is 0 Å². The molecule has 0 saturated carbocycles. The second-order valence-corrected chi connectivity index (χ2v) is 8.13. The van der Waals surface area contributed by atoms with E-state index in [-0.39, 0.29) is 11.0 Å². The minimum Gasteiger partial charge on any atom is -0.492 e. The zero-order chi connectivity index (χ0) is 16.3. The molecule has 0 amide bonds. The van der Waals surface area contributed by atoms with Crippen LogP contribution in [-0.2, 0) is 6.54 Å². The normalized spacial score (nSPS) is 12.6. The Bertz CT molecular complexity index is 478. The molecule has 0 saturated heterocycles. The van der Waals surface area contributed by atoms with Crippen LogP contribution in [-0.4, -0.2) is 12.1 Å². The van der Waals surface area contributed by atoms with Crippen molar-refractivity contribution in [1.82, 2.24) is 5.32 Å². The molecule has 0 fully saturated rings. The van der Waals surface area contributed by atoms with Crippen LogP contribution in [0.15, 0.2) is 12.1 Å². The average molecular weight is 332 g/mol. The summed E-state index contributed by atoms with van der Waals surface area (Å²) >= 11 is 12.3. The van der Waals surface area contributed by atoms with Gasteiger partial charge < -0.3 is 10.1 Å². The Hall–Kier alpha value is -0.440. The van der Waals surface area contributed by atoms with Gasteiger partial charge >= 0.3 is 0 Å². The Morgan fingerprint density at radius 2 is 1.71 bits per heavy atom. The summed E-state index contributed by atoms with van der Waals surface area (Å²) in [4.78, 5) is 0. The minimum absolute atomic E-state index is 0.0243. The summed E-state index contributed by atoms with van der Waals surface area (Å²) in [5, 5.41) is 4.79. The molecule has 0 aromatic heterocycles. The van der Waals surface area contributed by atoms with Crippen molar-refractivity contribution < 1.29 is 4.74 Å². The summed E-state index contributed by atoms with van der Waals surface area (Å²) in [6.07, 6.45) is 1.07. The van der Waals surface area contributed by atoms with Crippen molar-refractivity contribution in [2.45, 2.75) is 60.0 Å². The molecule has 0 spiro atoms. The fraction of sp³-hybridized carbons (Fsp3) is 0.647. The van der Waals surface area contributed by atoms with Gasteiger partial charge in [-0.15, -0.1) is 0 Å². The van der Waals surface area contributed by atoms with E-state index in [1.807, 2.05) is 13.0 Å². The van der Waals surface area contributed by atoms with Crippen LogP contribution in [0.1, 0.15) is 53.5 Å². The van der Waals surface area contributed by atoms with Gasteiger partial charge in [-0.25, -0.2) is 0 Å². The van der Waals surface area contributed by atoms with E-state index in [9.17, 15) is 0 Å². The van der Waals surface area contributed by atoms with Crippen LogP contribution in [0, 0.1) is 5.41 Å². The number of ether oxygens (including phenoxy) is 1. The first-order valence-electron chi connectivity index (χ1n) is 7.40. The molecule has 0 aliphatic rings. The highest BCUT2D eigenvalue weighted by molar-refractivity contribution is 6.35. The number of halogens is 2. The van der Waals surface area contributed by atoms with Crippen LogP contribution in [0.3, 0.4) is 0 Å². The van der Waals surface area contributed by atoms with E-state index < -0.39 is 0 Å². The van der Waals surface area contributed by atoms with Crippen molar-refractivity contribution >= 4 is 23.2 Å². The smallest absolute Gasteiger partial charge is 0.142 e. The Morgan fingerprint density at radius 1 is 1.10 bits per heavy atom. The third kappa shape index (κ3) is 6.46. The van der Waals surface area contributed by atoms with Crippen LogP contribution >= 0.6 is 23.2 Å². The molecular weight excluding hydrogens is 305 g/mol. The van der Waals surface area contributed by atoms with Gasteiger partial charge in [-0.3, -0.25) is 0 Å². The quantitative estimate of drug-likeness (QED) is 0.722. The summed E-state index contributed by atoms with van der Waals surface area (Å²) in [6, 6.07) is 3.64. The SMILES string of the molecule is CCOc1c(Cl)cc(Cl)cc1CNC(C)(C)CC(C)(C)C. The molecule has 4 heteroatoms. The first-order chi connectivity index (χ1) is 9.54. The van der Waals surface area contributed by atoms with Crippen molar-refractivity contribution in [2.24, 2.45) is 5.41 Å². The number of rotatable bonds is 6. The lowest BCUT2D eigenvalue weighted by Gasteiger charge is -2.33. The van der Waals surface area contributed by atoms with Crippen LogP contribution in [0.25, 0.3) is 0 Å². The van der Waals surface area contributed by atoms with Crippen molar-refractivity contribution in [1.29, 1.82) is 0 Å². The third-order valence-electron chi connectivity index (χ3n) is 3.10. The first-order valence-corrected chi connectivity index (χ1v) is 8.15. The average Bonchev–Trinajstić information content (AvgIpc) is 2.27. The number of hydrogen-bond acceptors (Lipinski definition) is 2. The van der Waals surface area contributed by atoms with Gasteiger partial charge in [0.1, 0.15) is 5.75 Å². The predicted octanol–water partition coefficient (Wildman–Crippen LogP) is 5.70. The van der Waals surface area contributed by atoms with E-state index in [2.05, 4.69) is 39.9 Å². The lowest BCUT2D eigenvalue weighted by Crippen LogP contribution is -2.41. The Balaban J connectivity index is 2.88. The topological polar surface area (TPSA) is 21.3 Å². The molecule has 2 nitrogen and oxygen atoms in total. The van der Waals surface area contributed by atoms with Gasteiger partial charge in [0.15, 0.2) is 0 Å². The van der Waals surface area contributed by atoms with E-state index in [1.54, 1.807) is 6.07 Å². The molecule has 0 unspecified atom stereocenters. The second-order valence-electron chi connectivity index (χ2n) is 7.28. The molecule has 1 aromatic carbocycles. The number of benzene rings is 1. The maximum atomic E-state index is 6.23. The Kier molecular flexibility index (Phi) is 6.39. The Labute approximate surface area is 139 Å². The number of hydrogen-bond donors (Lipinski definition) is 1. The molecular formula is C17H27Cl2NO. The summed E-state index contributed by atoms with van der Waals surface area (Å²) in [5.74, 6) is 0.725. The fourth-order valence-corrected chi connectivity index (χ4v) is 3.36. The monoisotopic (exact) mass is 331 g/mol. The fourth-order valence-electron chi connectivity index (χ4n) is 2.77. The largest absolute Gasteiger partial charge is 0.492 e. The summed E-state index contributed by atoms with van der Waals surface area (Å²) in [5.41, 5.74) is 1.29. The standard InChI is InChI=1S/C17H27Cl2NO/c1-7-21-15-12(8-13(18)9-14(15)19)10-20-17(5,6)11-16(2,3)4/h8-9,20H,7,10-11H2,1-6H3. The molecule has 0 aliphatic heterocycles. The van der Waals surface area contributed by atoms with Crippen LogP contribution < -0.4 is 10.1 Å². The van der Waals surface area contributed by atoms with Gasteiger partial charge in [0.25, 0.3) is 0 Å². The molecule has 0 bridgehead atoms. The first kappa shape index (κ1) is 18.6. The van der Waals surface area contributed by atoms with Gasteiger partial charge in [-0.2, -0.15) is 0 Å². The maximum Gasteiger partial charge on any atom is 0.142 e. The lowest BCUT2D eigenvalue weighted by molar-refractivity contribution is 0.239. The summed E-state index contributed by atoms with van der Waals surface area (Å²) in [6.45, 7) is 14.4. The maximum absolute atomic E-state index is 6.23. The van der Waals surface area contributed by atoms with Gasteiger partial charge in [0, 0.05) is 22.7 Å².